The van der Waals surface area contributed by atoms with E-state index in [1.807, 2.05) is 49.4 Å². The molecule has 0 unspecified atom stereocenters. The average molecular weight is 304 g/mol. The van der Waals surface area contributed by atoms with Crippen molar-refractivity contribution in [3.8, 4) is 11.3 Å². The Morgan fingerprint density at radius 2 is 1.91 bits per heavy atom. The third-order valence-corrected chi connectivity index (χ3v) is 4.29. The lowest BCUT2D eigenvalue weighted by atomic mass is 9.99. The van der Waals surface area contributed by atoms with E-state index in [-0.39, 0.29) is 11.9 Å². The van der Waals surface area contributed by atoms with Crippen molar-refractivity contribution in [2.75, 3.05) is 7.05 Å². The number of hydrogen-bond acceptors (Lipinski definition) is 3. The van der Waals surface area contributed by atoms with Gasteiger partial charge >= 0.3 is 0 Å². The van der Waals surface area contributed by atoms with E-state index in [0.29, 0.717) is 5.69 Å². The highest BCUT2D eigenvalue weighted by atomic mass is 16.2. The van der Waals surface area contributed by atoms with Gasteiger partial charge in [-0.1, -0.05) is 35.9 Å². The Morgan fingerprint density at radius 3 is 2.61 bits per heavy atom. The van der Waals surface area contributed by atoms with Crippen LogP contribution in [0.1, 0.15) is 33.4 Å². The SMILES string of the molecule is Cc1ccc(-c2n[nH]c3c2[C@@H](c2ccccn2)N(C)C3=O)cc1. The number of H-pyrrole nitrogens is 1. The number of carbonyl (C=O) groups excluding carboxylic acids is 1. The van der Waals surface area contributed by atoms with E-state index in [0.717, 1.165) is 22.5 Å². The monoisotopic (exact) mass is 304 g/mol. The number of amides is 1. The Balaban J connectivity index is 1.90. The number of fused-ring (bicyclic) bond motifs is 1. The minimum atomic E-state index is -0.214. The number of hydrogen-bond donors (Lipinski definition) is 1. The third-order valence-electron chi connectivity index (χ3n) is 4.29. The zero-order chi connectivity index (χ0) is 16.0. The molecule has 5 heteroatoms. The van der Waals surface area contributed by atoms with Crippen LogP contribution in [0.3, 0.4) is 0 Å². The van der Waals surface area contributed by atoms with Crippen LogP contribution in [0.4, 0.5) is 0 Å². The van der Waals surface area contributed by atoms with Gasteiger partial charge in [-0.15, -0.1) is 0 Å². The molecule has 2 aromatic heterocycles. The van der Waals surface area contributed by atoms with Crippen LogP contribution in [0.5, 0.6) is 0 Å². The molecule has 0 saturated heterocycles. The molecule has 0 saturated carbocycles. The van der Waals surface area contributed by atoms with Gasteiger partial charge in [-0.2, -0.15) is 5.10 Å². The summed E-state index contributed by atoms with van der Waals surface area (Å²) < 4.78 is 0. The van der Waals surface area contributed by atoms with E-state index in [1.165, 1.54) is 5.56 Å². The molecule has 23 heavy (non-hydrogen) atoms. The Labute approximate surface area is 134 Å². The highest BCUT2D eigenvalue weighted by molar-refractivity contribution is 5.99. The molecule has 0 spiro atoms. The van der Waals surface area contributed by atoms with Gasteiger partial charge in [0.2, 0.25) is 0 Å². The first-order valence-corrected chi connectivity index (χ1v) is 7.50. The second-order valence-corrected chi connectivity index (χ2v) is 5.80. The largest absolute Gasteiger partial charge is 0.327 e. The van der Waals surface area contributed by atoms with Gasteiger partial charge in [0.05, 0.1) is 11.4 Å². The second kappa shape index (κ2) is 5.05. The summed E-state index contributed by atoms with van der Waals surface area (Å²) in [5.41, 5.74) is 5.30. The number of nitrogens with zero attached hydrogens (tertiary/aromatic N) is 3. The van der Waals surface area contributed by atoms with Gasteiger partial charge in [-0.05, 0) is 19.1 Å². The summed E-state index contributed by atoms with van der Waals surface area (Å²) in [5.74, 6) is -0.0542. The molecule has 1 aromatic carbocycles. The molecule has 1 aliphatic rings. The van der Waals surface area contributed by atoms with E-state index < -0.39 is 0 Å². The first-order valence-electron chi connectivity index (χ1n) is 7.50. The number of rotatable bonds is 2. The molecule has 0 fully saturated rings. The molecule has 1 aliphatic heterocycles. The summed E-state index contributed by atoms with van der Waals surface area (Å²) >= 11 is 0. The average Bonchev–Trinajstić information content (AvgIpc) is 3.10. The molecule has 3 aromatic rings. The van der Waals surface area contributed by atoms with Crippen molar-refractivity contribution in [2.24, 2.45) is 0 Å². The van der Waals surface area contributed by atoms with Crippen molar-refractivity contribution in [1.82, 2.24) is 20.1 Å². The van der Waals surface area contributed by atoms with Crippen LogP contribution in [-0.4, -0.2) is 33.0 Å². The quantitative estimate of drug-likeness (QED) is 0.791. The van der Waals surface area contributed by atoms with Crippen LogP contribution < -0.4 is 0 Å². The molecule has 4 rings (SSSR count). The lowest BCUT2D eigenvalue weighted by molar-refractivity contribution is 0.0786. The van der Waals surface area contributed by atoms with E-state index in [4.69, 9.17) is 0 Å². The maximum absolute atomic E-state index is 12.5. The van der Waals surface area contributed by atoms with Gasteiger partial charge in [-0.25, -0.2) is 0 Å². The van der Waals surface area contributed by atoms with Gasteiger partial charge in [-0.3, -0.25) is 14.9 Å². The molecule has 1 atom stereocenters. The first-order chi connectivity index (χ1) is 11.2. The van der Waals surface area contributed by atoms with E-state index in [2.05, 4.69) is 15.2 Å². The number of aromatic nitrogens is 3. The van der Waals surface area contributed by atoms with E-state index >= 15 is 0 Å². The van der Waals surface area contributed by atoms with Crippen molar-refractivity contribution in [3.63, 3.8) is 0 Å². The van der Waals surface area contributed by atoms with Gasteiger partial charge in [0.25, 0.3) is 5.91 Å². The lowest BCUT2D eigenvalue weighted by Gasteiger charge is -2.20. The molecule has 5 nitrogen and oxygen atoms in total. The van der Waals surface area contributed by atoms with Crippen LogP contribution in [0.25, 0.3) is 11.3 Å². The Morgan fingerprint density at radius 1 is 1.13 bits per heavy atom. The van der Waals surface area contributed by atoms with Gasteiger partial charge in [0, 0.05) is 24.4 Å². The van der Waals surface area contributed by atoms with Crippen molar-refractivity contribution < 1.29 is 4.79 Å². The minimum absolute atomic E-state index is 0.0542. The summed E-state index contributed by atoms with van der Waals surface area (Å²) in [6, 6.07) is 13.7. The maximum atomic E-state index is 12.5. The van der Waals surface area contributed by atoms with Gasteiger partial charge < -0.3 is 4.90 Å². The molecule has 114 valence electrons. The Hall–Kier alpha value is -2.95. The van der Waals surface area contributed by atoms with Crippen LogP contribution >= 0.6 is 0 Å². The third kappa shape index (κ3) is 2.04. The van der Waals surface area contributed by atoms with Crippen LogP contribution in [0.2, 0.25) is 0 Å². The zero-order valence-electron chi connectivity index (χ0n) is 12.9. The Kier molecular flexibility index (Phi) is 3.01. The van der Waals surface area contributed by atoms with Gasteiger partial charge in [0.1, 0.15) is 11.7 Å². The van der Waals surface area contributed by atoms with Crippen LogP contribution in [-0.2, 0) is 0 Å². The van der Waals surface area contributed by atoms with E-state index in [9.17, 15) is 4.79 Å². The molecule has 0 bridgehead atoms. The number of carbonyl (C=O) groups is 1. The minimum Gasteiger partial charge on any atom is -0.327 e. The molecule has 1 N–H and O–H groups in total. The molecule has 0 radical (unpaired) electrons. The maximum Gasteiger partial charge on any atom is 0.272 e. The number of benzene rings is 1. The second-order valence-electron chi connectivity index (χ2n) is 5.80. The highest BCUT2D eigenvalue weighted by Gasteiger charge is 2.40. The predicted octanol–water partition coefficient (Wildman–Crippen LogP) is 2.96. The van der Waals surface area contributed by atoms with E-state index in [1.54, 1.807) is 18.1 Å². The predicted molar refractivity (Wildman–Crippen MR) is 86.9 cm³/mol. The molecule has 3 heterocycles. The lowest BCUT2D eigenvalue weighted by Crippen LogP contribution is -2.25. The summed E-state index contributed by atoms with van der Waals surface area (Å²) in [7, 11) is 1.80. The van der Waals surface area contributed by atoms with Gasteiger partial charge in [0.15, 0.2) is 0 Å². The molecule has 1 amide bonds. The van der Waals surface area contributed by atoms with Crippen molar-refractivity contribution >= 4 is 5.91 Å². The van der Waals surface area contributed by atoms with Crippen molar-refractivity contribution in [3.05, 3.63) is 71.2 Å². The summed E-state index contributed by atoms with van der Waals surface area (Å²) in [5, 5.41) is 7.31. The normalized spacial score (nSPS) is 16.7. The number of pyridine rings is 1. The molecule has 0 aliphatic carbocycles. The topological polar surface area (TPSA) is 61.9 Å². The van der Waals surface area contributed by atoms with Crippen molar-refractivity contribution in [1.29, 1.82) is 0 Å². The summed E-state index contributed by atoms with van der Waals surface area (Å²) in [4.78, 5) is 18.7. The highest BCUT2D eigenvalue weighted by Crippen LogP contribution is 2.40. The number of aryl methyl sites for hydroxylation is 1. The van der Waals surface area contributed by atoms with Crippen LogP contribution in [0.15, 0.2) is 48.7 Å². The molecular weight excluding hydrogens is 288 g/mol. The standard InChI is InChI=1S/C18H16N4O/c1-11-6-8-12(9-7-11)15-14-16(21-20-15)18(23)22(2)17(14)13-5-3-4-10-19-13/h3-10,17H,1-2H3,(H,20,21)/t17-/m1/s1. The summed E-state index contributed by atoms with van der Waals surface area (Å²) in [6.45, 7) is 2.05. The van der Waals surface area contributed by atoms with Crippen LogP contribution in [0, 0.1) is 6.92 Å². The first kappa shape index (κ1) is 13.7. The zero-order valence-corrected chi connectivity index (χ0v) is 12.9. The number of nitrogens with one attached hydrogen (secondary N) is 1. The fourth-order valence-corrected chi connectivity index (χ4v) is 3.08. The number of aromatic amines is 1. The smallest absolute Gasteiger partial charge is 0.272 e. The fourth-order valence-electron chi connectivity index (χ4n) is 3.08. The summed E-state index contributed by atoms with van der Waals surface area (Å²) in [6.07, 6.45) is 1.75. The molecular formula is C18H16N4O. The van der Waals surface area contributed by atoms with Crippen molar-refractivity contribution in [2.45, 2.75) is 13.0 Å². The fraction of sp³-hybridized carbons (Fsp3) is 0.167. The Bertz CT molecular complexity index is 868.